The minimum Gasteiger partial charge on any atom is -0.507 e. The number of phenols is 1. The third-order valence-corrected chi connectivity index (χ3v) is 1.70. The Morgan fingerprint density at radius 3 is 2.70 bits per heavy atom. The van der Waals surface area contributed by atoms with Gasteiger partial charge in [-0.2, -0.15) is 0 Å². The summed E-state index contributed by atoms with van der Waals surface area (Å²) in [5.74, 6) is 1.02. The van der Waals surface area contributed by atoms with E-state index in [0.717, 1.165) is 11.1 Å². The fourth-order valence-electron chi connectivity index (χ4n) is 0.660. The molecule has 1 aromatic carbocycles. The second-order valence-electron chi connectivity index (χ2n) is 1.92. The quantitative estimate of drug-likeness (QED) is 0.612. The molecule has 0 amide bonds. The lowest BCUT2D eigenvalue weighted by atomic mass is 10.3. The molecule has 0 saturated heterocycles. The van der Waals surface area contributed by atoms with Crippen molar-refractivity contribution in [3.8, 4) is 11.5 Å². The van der Waals surface area contributed by atoms with Crippen LogP contribution in [0.4, 0.5) is 0 Å². The Morgan fingerprint density at radius 2 is 2.20 bits per heavy atom. The predicted molar refractivity (Wildman–Crippen MR) is 44.0 cm³/mol. The fourth-order valence-corrected chi connectivity index (χ4v) is 0.920. The molecule has 0 fully saturated rings. The first-order valence-electron chi connectivity index (χ1n) is 2.86. The number of hydrogen-bond donors (Lipinski definition) is 1. The first-order valence-corrected chi connectivity index (χ1v) is 3.44. The van der Waals surface area contributed by atoms with E-state index >= 15 is 0 Å². The summed E-state index contributed by atoms with van der Waals surface area (Å²) in [6, 6.07) is 5.06. The summed E-state index contributed by atoms with van der Waals surface area (Å²) in [7, 11) is 4.01. The van der Waals surface area contributed by atoms with Crippen molar-refractivity contribution in [1.82, 2.24) is 0 Å². The van der Waals surface area contributed by atoms with Crippen LogP contribution in [0.15, 0.2) is 18.2 Å². The molecule has 1 N–H and O–H groups in total. The molecule has 1 unspecified atom stereocenters. The molecule has 1 atom stereocenters. The molecule has 2 nitrogen and oxygen atoms in total. The zero-order chi connectivity index (χ0) is 7.56. The van der Waals surface area contributed by atoms with Gasteiger partial charge in [-0.15, -0.1) is 9.24 Å². The van der Waals surface area contributed by atoms with Crippen LogP contribution < -0.4 is 10.0 Å². The van der Waals surface area contributed by atoms with Gasteiger partial charge in [-0.25, -0.2) is 0 Å². The zero-order valence-corrected chi connectivity index (χ0v) is 6.82. The minimum atomic E-state index is 0.269. The van der Waals surface area contributed by atoms with Gasteiger partial charge in [-0.1, -0.05) is 0 Å². The van der Waals surface area contributed by atoms with Crippen molar-refractivity contribution in [2.75, 3.05) is 7.11 Å². The van der Waals surface area contributed by atoms with E-state index in [9.17, 15) is 0 Å². The topological polar surface area (TPSA) is 29.5 Å². The molecular weight excluding hydrogens is 147 g/mol. The van der Waals surface area contributed by atoms with E-state index in [1.165, 1.54) is 0 Å². The van der Waals surface area contributed by atoms with Gasteiger partial charge in [-0.05, 0) is 18.2 Å². The average molecular weight is 156 g/mol. The van der Waals surface area contributed by atoms with Crippen LogP contribution in [0.25, 0.3) is 0 Å². The monoisotopic (exact) mass is 156 g/mol. The van der Waals surface area contributed by atoms with Crippen molar-refractivity contribution in [2.24, 2.45) is 0 Å². The van der Waals surface area contributed by atoms with Gasteiger partial charge in [0.05, 0.1) is 7.11 Å². The standard InChI is InChI=1S/C7H9O2P/c1-9-5-2-3-6(8)7(10)4-5/h2-4,8H,10H2,1H3. The number of phenolic OH excluding ortho intramolecular Hbond substituents is 1. The number of methoxy groups -OCH3 is 1. The molecule has 3 heteroatoms. The SMILES string of the molecule is COc1ccc(O)c(P)c1. The highest BCUT2D eigenvalue weighted by Gasteiger charge is 1.95. The zero-order valence-electron chi connectivity index (χ0n) is 5.66. The molecule has 0 aromatic heterocycles. The molecule has 0 aliphatic heterocycles. The van der Waals surface area contributed by atoms with Crippen molar-refractivity contribution >= 4 is 14.5 Å². The number of rotatable bonds is 1. The molecule has 0 radical (unpaired) electrons. The third-order valence-electron chi connectivity index (χ3n) is 1.23. The Hall–Kier alpha value is -0.750. The lowest BCUT2D eigenvalue weighted by molar-refractivity contribution is 0.413. The van der Waals surface area contributed by atoms with E-state index in [0.29, 0.717) is 0 Å². The molecule has 0 spiro atoms. The van der Waals surface area contributed by atoms with Crippen molar-refractivity contribution in [1.29, 1.82) is 0 Å². The Balaban J connectivity index is 3.04. The average Bonchev–Trinajstić information content (AvgIpc) is 1.95. The summed E-state index contributed by atoms with van der Waals surface area (Å²) in [5.41, 5.74) is 0. The van der Waals surface area contributed by atoms with Crippen LogP contribution in [0.2, 0.25) is 0 Å². The molecule has 0 heterocycles. The van der Waals surface area contributed by atoms with Crippen molar-refractivity contribution in [2.45, 2.75) is 0 Å². The van der Waals surface area contributed by atoms with Crippen LogP contribution in [-0.2, 0) is 0 Å². The first-order chi connectivity index (χ1) is 4.74. The maximum absolute atomic E-state index is 9.06. The molecule has 0 aliphatic carbocycles. The second-order valence-corrected chi connectivity index (χ2v) is 2.55. The maximum atomic E-state index is 9.06. The van der Waals surface area contributed by atoms with Gasteiger partial charge in [0.1, 0.15) is 11.5 Å². The van der Waals surface area contributed by atoms with Gasteiger partial charge in [0.25, 0.3) is 0 Å². The van der Waals surface area contributed by atoms with Gasteiger partial charge in [0.2, 0.25) is 0 Å². The minimum absolute atomic E-state index is 0.269. The molecule has 1 aromatic rings. The Bertz CT molecular complexity index is 235. The summed E-state index contributed by atoms with van der Waals surface area (Å²) in [4.78, 5) is 0. The predicted octanol–water partition coefficient (Wildman–Crippen LogP) is 0.901. The highest BCUT2D eigenvalue weighted by atomic mass is 31.0. The molecule has 0 bridgehead atoms. The van der Waals surface area contributed by atoms with E-state index < -0.39 is 0 Å². The highest BCUT2D eigenvalue weighted by Crippen LogP contribution is 2.15. The maximum Gasteiger partial charge on any atom is 0.122 e. The smallest absolute Gasteiger partial charge is 0.122 e. The van der Waals surface area contributed by atoms with E-state index in [-0.39, 0.29) is 5.75 Å². The van der Waals surface area contributed by atoms with Crippen LogP contribution >= 0.6 is 9.24 Å². The summed E-state index contributed by atoms with van der Waals surface area (Å²) in [6.45, 7) is 0. The van der Waals surface area contributed by atoms with Crippen LogP contribution in [0.3, 0.4) is 0 Å². The fraction of sp³-hybridized carbons (Fsp3) is 0.143. The van der Waals surface area contributed by atoms with E-state index in [1.807, 2.05) is 0 Å². The second kappa shape index (κ2) is 2.89. The molecule has 0 saturated carbocycles. The lowest BCUT2D eigenvalue weighted by Crippen LogP contribution is -1.92. The van der Waals surface area contributed by atoms with Crippen molar-refractivity contribution in [3.05, 3.63) is 18.2 Å². The molecular formula is C7H9O2P. The van der Waals surface area contributed by atoms with Crippen LogP contribution in [0.1, 0.15) is 0 Å². The number of aromatic hydroxyl groups is 1. The highest BCUT2D eigenvalue weighted by molar-refractivity contribution is 7.27. The number of ether oxygens (including phenoxy) is 1. The third kappa shape index (κ3) is 1.39. The molecule has 0 aliphatic rings. The van der Waals surface area contributed by atoms with Crippen molar-refractivity contribution < 1.29 is 9.84 Å². The first kappa shape index (κ1) is 7.36. The summed E-state index contributed by atoms with van der Waals surface area (Å²) in [5, 5.41) is 9.81. The Morgan fingerprint density at radius 1 is 1.50 bits per heavy atom. The molecule has 10 heavy (non-hydrogen) atoms. The van der Waals surface area contributed by atoms with E-state index in [4.69, 9.17) is 9.84 Å². The normalized spacial score (nSPS) is 9.40. The Labute approximate surface area is 62.0 Å². The molecule has 1 rings (SSSR count). The number of hydrogen-bond acceptors (Lipinski definition) is 2. The number of benzene rings is 1. The van der Waals surface area contributed by atoms with Crippen molar-refractivity contribution in [3.63, 3.8) is 0 Å². The van der Waals surface area contributed by atoms with Gasteiger partial charge in [0.15, 0.2) is 0 Å². The van der Waals surface area contributed by atoms with Gasteiger partial charge >= 0.3 is 0 Å². The van der Waals surface area contributed by atoms with Crippen LogP contribution in [-0.4, -0.2) is 12.2 Å². The van der Waals surface area contributed by atoms with Gasteiger partial charge in [0, 0.05) is 5.30 Å². The summed E-state index contributed by atoms with van der Waals surface area (Å²) in [6.07, 6.45) is 0. The van der Waals surface area contributed by atoms with Gasteiger partial charge in [-0.3, -0.25) is 0 Å². The summed E-state index contributed by atoms with van der Waals surface area (Å²) >= 11 is 0. The van der Waals surface area contributed by atoms with Crippen LogP contribution in [0.5, 0.6) is 11.5 Å². The van der Waals surface area contributed by atoms with E-state index in [2.05, 4.69) is 9.24 Å². The van der Waals surface area contributed by atoms with Crippen LogP contribution in [0, 0.1) is 0 Å². The largest absolute Gasteiger partial charge is 0.507 e. The summed E-state index contributed by atoms with van der Waals surface area (Å²) < 4.78 is 4.93. The van der Waals surface area contributed by atoms with E-state index in [1.54, 1.807) is 25.3 Å². The molecule has 54 valence electrons. The Kier molecular flexibility index (Phi) is 2.13. The van der Waals surface area contributed by atoms with Gasteiger partial charge < -0.3 is 9.84 Å². The lowest BCUT2D eigenvalue weighted by Gasteiger charge is -2.01.